The lowest BCUT2D eigenvalue weighted by atomic mass is 9.96. The molecule has 0 bridgehead atoms. The Balaban J connectivity index is 0.000000162. The maximum Gasteiger partial charge on any atom is 0.229 e. The second kappa shape index (κ2) is 17.9. The standard InChI is InChI=1S/2C23H23F2N7/c2*1-14-9-15(26)13-31(12-14)21-7-8-27-11-20(21)29-23-28-10-16-5-6-19(30-32(16)23)22-17(24)3-2-4-18(22)25/h2*2-8,10-11,14-15H,9,12-13,26H2,1H3,(H,28,29)/t2*14-,15+/m10/s1. The van der Waals surface area contributed by atoms with Crippen molar-refractivity contribution >= 4 is 45.7 Å². The van der Waals surface area contributed by atoms with Crippen LogP contribution in [0.2, 0.25) is 0 Å². The van der Waals surface area contributed by atoms with Gasteiger partial charge in [-0.15, -0.1) is 0 Å². The summed E-state index contributed by atoms with van der Waals surface area (Å²) in [6.45, 7) is 7.67. The zero-order valence-corrected chi connectivity index (χ0v) is 35.1. The molecule has 6 aromatic heterocycles. The Hall–Kier alpha value is -7.18. The van der Waals surface area contributed by atoms with E-state index in [0.29, 0.717) is 34.8 Å². The molecule has 8 aromatic rings. The van der Waals surface area contributed by atoms with Crippen molar-refractivity contribution in [3.05, 3.63) is 133 Å². The fraction of sp³-hybridized carbons (Fsp3) is 0.261. The zero-order chi connectivity index (χ0) is 44.5. The number of nitrogens with two attached hydrogens (primary N) is 2. The molecule has 2 fully saturated rings. The molecule has 2 aliphatic rings. The number of imidazole rings is 2. The summed E-state index contributed by atoms with van der Waals surface area (Å²) in [5.74, 6) is -0.885. The van der Waals surface area contributed by atoms with Gasteiger partial charge in [0.25, 0.3) is 0 Å². The fourth-order valence-corrected chi connectivity index (χ4v) is 8.64. The SMILES string of the molecule is C[C@@H]1C[C@H](N)CN(c2ccncc2Nc2ncc3ccc(-c4c(F)cccc4F)nn23)C1.C[C@H]1C[C@@H](N)CN(c2ccncc2Nc2ncc3ccc(-c4c(F)cccc4F)nn23)C1. The summed E-state index contributed by atoms with van der Waals surface area (Å²) in [5, 5.41) is 15.5. The van der Waals surface area contributed by atoms with E-state index in [-0.39, 0.29) is 34.6 Å². The number of fused-ring (bicyclic) bond motifs is 2. The van der Waals surface area contributed by atoms with Crippen LogP contribution in [0, 0.1) is 35.1 Å². The number of piperidine rings is 2. The van der Waals surface area contributed by atoms with E-state index in [4.69, 9.17) is 11.5 Å². The van der Waals surface area contributed by atoms with Gasteiger partial charge >= 0.3 is 0 Å². The van der Waals surface area contributed by atoms with Crippen LogP contribution in [0.15, 0.2) is 110 Å². The first-order valence-electron chi connectivity index (χ1n) is 21.0. The normalized spacial score (nSPS) is 18.8. The molecule has 0 aliphatic carbocycles. The molecule has 2 aromatic carbocycles. The van der Waals surface area contributed by atoms with Gasteiger partial charge in [-0.1, -0.05) is 26.0 Å². The maximum absolute atomic E-state index is 14.3. The van der Waals surface area contributed by atoms with E-state index < -0.39 is 23.3 Å². The summed E-state index contributed by atoms with van der Waals surface area (Å²) in [4.78, 5) is 21.8. The van der Waals surface area contributed by atoms with Crippen LogP contribution < -0.4 is 31.9 Å². The molecule has 0 saturated carbocycles. The third-order valence-corrected chi connectivity index (χ3v) is 11.4. The number of hydrogen-bond acceptors (Lipinski definition) is 12. The molecule has 6 N–H and O–H groups in total. The fourth-order valence-electron chi connectivity index (χ4n) is 8.64. The first-order valence-corrected chi connectivity index (χ1v) is 21.0. The van der Waals surface area contributed by atoms with Gasteiger partial charge in [-0.3, -0.25) is 9.97 Å². The Kier molecular flexibility index (Phi) is 11.8. The molecule has 0 amide bonds. The van der Waals surface area contributed by atoms with Crippen LogP contribution >= 0.6 is 0 Å². The molecule has 328 valence electrons. The number of nitrogens with zero attached hydrogens (tertiary/aromatic N) is 10. The average Bonchev–Trinajstić information content (AvgIpc) is 3.86. The van der Waals surface area contributed by atoms with E-state index in [2.05, 4.69) is 64.4 Å². The van der Waals surface area contributed by atoms with Crippen molar-refractivity contribution in [3.8, 4) is 22.5 Å². The largest absolute Gasteiger partial charge is 0.368 e. The summed E-state index contributed by atoms with van der Waals surface area (Å²) in [6, 6.07) is 18.2. The average molecular weight is 871 g/mol. The first-order chi connectivity index (χ1) is 31.0. The topological polar surface area (TPSA) is 169 Å². The molecule has 4 atom stereocenters. The maximum atomic E-state index is 14.3. The molecule has 18 heteroatoms. The minimum atomic E-state index is -0.670. The monoisotopic (exact) mass is 870 g/mol. The van der Waals surface area contributed by atoms with Crippen molar-refractivity contribution < 1.29 is 17.6 Å². The minimum Gasteiger partial charge on any atom is -0.368 e. The lowest BCUT2D eigenvalue weighted by Crippen LogP contribution is -2.46. The summed E-state index contributed by atoms with van der Waals surface area (Å²) < 4.78 is 60.2. The molecule has 2 aliphatic heterocycles. The molecule has 2 saturated heterocycles. The van der Waals surface area contributed by atoms with Gasteiger partial charge in [0.2, 0.25) is 11.9 Å². The van der Waals surface area contributed by atoms with E-state index in [1.807, 2.05) is 12.1 Å². The highest BCUT2D eigenvalue weighted by Crippen LogP contribution is 2.34. The van der Waals surface area contributed by atoms with E-state index >= 15 is 0 Å². The van der Waals surface area contributed by atoms with Crippen molar-refractivity contribution in [1.82, 2.24) is 39.2 Å². The van der Waals surface area contributed by atoms with Crippen LogP contribution in [0.3, 0.4) is 0 Å². The summed E-state index contributed by atoms with van der Waals surface area (Å²) in [5.41, 5.74) is 17.3. The Labute approximate surface area is 366 Å². The highest BCUT2D eigenvalue weighted by molar-refractivity contribution is 5.75. The number of rotatable bonds is 8. The van der Waals surface area contributed by atoms with Crippen molar-refractivity contribution in [2.24, 2.45) is 23.3 Å². The third kappa shape index (κ3) is 8.74. The van der Waals surface area contributed by atoms with Crippen molar-refractivity contribution in [3.63, 3.8) is 0 Å². The van der Waals surface area contributed by atoms with Crippen LogP contribution in [0.25, 0.3) is 33.5 Å². The molecule has 14 nitrogen and oxygen atoms in total. The lowest BCUT2D eigenvalue weighted by molar-refractivity contribution is 0.402. The van der Waals surface area contributed by atoms with Crippen LogP contribution in [0.4, 0.5) is 52.2 Å². The van der Waals surface area contributed by atoms with Crippen molar-refractivity contribution in [2.45, 2.75) is 38.8 Å². The summed E-state index contributed by atoms with van der Waals surface area (Å²) in [7, 11) is 0. The number of hydrogen-bond donors (Lipinski definition) is 4. The van der Waals surface area contributed by atoms with Gasteiger partial charge in [0.05, 0.1) is 81.1 Å². The molecule has 0 unspecified atom stereocenters. The predicted molar refractivity (Wildman–Crippen MR) is 240 cm³/mol. The Morgan fingerprint density at radius 3 is 1.33 bits per heavy atom. The number of benzene rings is 2. The molecular formula is C46H46F4N14. The van der Waals surface area contributed by atoms with Crippen LogP contribution in [0.5, 0.6) is 0 Å². The van der Waals surface area contributed by atoms with Crippen molar-refractivity contribution in [2.75, 3.05) is 46.6 Å². The second-order valence-electron chi connectivity index (χ2n) is 16.5. The molecule has 0 radical (unpaired) electrons. The van der Waals surface area contributed by atoms with Crippen molar-refractivity contribution in [1.29, 1.82) is 0 Å². The Morgan fingerprint density at radius 2 is 0.938 bits per heavy atom. The van der Waals surface area contributed by atoms with Gasteiger partial charge in [0.1, 0.15) is 23.3 Å². The Morgan fingerprint density at radius 1 is 0.531 bits per heavy atom. The Bertz CT molecular complexity index is 2680. The minimum absolute atomic E-state index is 0.104. The molecule has 0 spiro atoms. The van der Waals surface area contributed by atoms with E-state index in [1.54, 1.807) is 61.4 Å². The molecular weight excluding hydrogens is 825 g/mol. The molecule has 64 heavy (non-hydrogen) atoms. The summed E-state index contributed by atoms with van der Waals surface area (Å²) in [6.07, 6.45) is 12.2. The number of halogens is 4. The number of nitrogens with one attached hydrogen (secondary N) is 2. The number of pyridine rings is 2. The highest BCUT2D eigenvalue weighted by atomic mass is 19.1. The number of aromatic nitrogens is 8. The smallest absolute Gasteiger partial charge is 0.229 e. The third-order valence-electron chi connectivity index (χ3n) is 11.4. The molecule has 10 rings (SSSR count). The van der Waals surface area contributed by atoms with E-state index in [0.717, 1.165) is 61.8 Å². The summed E-state index contributed by atoms with van der Waals surface area (Å²) >= 11 is 0. The van der Waals surface area contributed by atoms with Gasteiger partial charge in [-0.25, -0.2) is 27.5 Å². The first kappa shape index (κ1) is 42.1. The lowest BCUT2D eigenvalue weighted by Gasteiger charge is -2.37. The highest BCUT2D eigenvalue weighted by Gasteiger charge is 2.26. The molecule has 8 heterocycles. The van der Waals surface area contributed by atoms with Gasteiger partial charge in [-0.2, -0.15) is 19.2 Å². The van der Waals surface area contributed by atoms with E-state index in [1.165, 1.54) is 45.4 Å². The number of anilines is 6. The van der Waals surface area contributed by atoms with E-state index in [9.17, 15) is 17.6 Å². The van der Waals surface area contributed by atoms with Crippen LogP contribution in [-0.4, -0.2) is 77.4 Å². The van der Waals surface area contributed by atoms with Crippen LogP contribution in [0.1, 0.15) is 26.7 Å². The van der Waals surface area contributed by atoms with Gasteiger partial charge in [-0.05, 0) is 85.3 Å². The van der Waals surface area contributed by atoms with Gasteiger partial charge < -0.3 is 31.9 Å². The van der Waals surface area contributed by atoms with Crippen LogP contribution in [-0.2, 0) is 0 Å². The predicted octanol–water partition coefficient (Wildman–Crippen LogP) is 7.97. The quantitative estimate of drug-likeness (QED) is 0.109. The zero-order valence-electron chi connectivity index (χ0n) is 35.1. The van der Waals surface area contributed by atoms with Gasteiger partial charge in [0, 0.05) is 50.7 Å². The second-order valence-corrected chi connectivity index (χ2v) is 16.5. The van der Waals surface area contributed by atoms with Gasteiger partial charge in [0.15, 0.2) is 0 Å².